The first-order chi connectivity index (χ1) is 13.2. The van der Waals surface area contributed by atoms with E-state index in [1.54, 1.807) is 7.11 Å². The van der Waals surface area contributed by atoms with Gasteiger partial charge in [-0.3, -0.25) is 0 Å². The lowest BCUT2D eigenvalue weighted by molar-refractivity contribution is 0.0482. The van der Waals surface area contributed by atoms with Crippen LogP contribution in [0.3, 0.4) is 0 Å². The van der Waals surface area contributed by atoms with Gasteiger partial charge in [0, 0.05) is 29.8 Å². The molecule has 0 spiro atoms. The summed E-state index contributed by atoms with van der Waals surface area (Å²) in [5, 5.41) is 0. The molecule has 3 atom stereocenters. The average molecular weight is 364 g/mol. The Hall–Kier alpha value is -2.20. The van der Waals surface area contributed by atoms with Crippen molar-refractivity contribution in [2.24, 2.45) is 0 Å². The normalized spacial score (nSPS) is 29.9. The number of hydrogen-bond donors (Lipinski definition) is 0. The molecule has 2 fully saturated rings. The second-order valence-corrected chi connectivity index (χ2v) is 8.15. The van der Waals surface area contributed by atoms with Gasteiger partial charge in [-0.2, -0.15) is 0 Å². The van der Waals surface area contributed by atoms with E-state index in [-0.39, 0.29) is 6.23 Å². The topological polar surface area (TPSA) is 24.9 Å². The third-order valence-electron chi connectivity index (χ3n) is 6.73. The molecule has 2 aromatic rings. The molecule has 3 heterocycles. The van der Waals surface area contributed by atoms with Gasteiger partial charge < -0.3 is 19.3 Å². The fraction of sp³-hybridized carbons (Fsp3) is 0.478. The van der Waals surface area contributed by atoms with Crippen LogP contribution in [-0.2, 0) is 0 Å². The van der Waals surface area contributed by atoms with Crippen molar-refractivity contribution >= 4 is 5.69 Å². The van der Waals surface area contributed by atoms with Gasteiger partial charge in [0.05, 0.1) is 12.8 Å². The van der Waals surface area contributed by atoms with E-state index in [1.165, 1.54) is 43.4 Å². The third kappa shape index (κ3) is 2.87. The van der Waals surface area contributed by atoms with Crippen molar-refractivity contribution in [3.8, 4) is 11.5 Å². The van der Waals surface area contributed by atoms with Crippen LogP contribution in [0.5, 0.6) is 11.5 Å². The van der Waals surface area contributed by atoms with Gasteiger partial charge in [0.15, 0.2) is 6.23 Å². The van der Waals surface area contributed by atoms with Gasteiger partial charge in [-0.1, -0.05) is 36.8 Å². The van der Waals surface area contributed by atoms with Gasteiger partial charge in [-0.15, -0.1) is 0 Å². The van der Waals surface area contributed by atoms with Crippen molar-refractivity contribution in [3.63, 3.8) is 0 Å². The maximum Gasteiger partial charge on any atom is 0.199 e. The van der Waals surface area contributed by atoms with E-state index in [9.17, 15) is 0 Å². The highest BCUT2D eigenvalue weighted by Gasteiger charge is 2.43. The Balaban J connectivity index is 1.53. The minimum atomic E-state index is -0.0533. The van der Waals surface area contributed by atoms with Gasteiger partial charge in [-0.05, 0) is 44.9 Å². The van der Waals surface area contributed by atoms with Crippen LogP contribution in [0.2, 0.25) is 0 Å². The molecule has 0 saturated carbocycles. The Morgan fingerprint density at radius 2 is 1.70 bits per heavy atom. The summed E-state index contributed by atoms with van der Waals surface area (Å²) in [6, 6.07) is 18.8. The van der Waals surface area contributed by atoms with Crippen LogP contribution in [-0.4, -0.2) is 37.2 Å². The molecule has 3 aliphatic rings. The zero-order valence-corrected chi connectivity index (χ0v) is 16.2. The fourth-order valence-corrected chi connectivity index (χ4v) is 5.28. The molecular formula is C23H28N2O2. The largest absolute Gasteiger partial charge is 0.497 e. The van der Waals surface area contributed by atoms with Crippen LogP contribution in [0.1, 0.15) is 43.9 Å². The summed E-state index contributed by atoms with van der Waals surface area (Å²) in [5.74, 6) is 1.79. The lowest BCUT2D eigenvalue weighted by atomic mass is 9.81. The molecule has 2 bridgehead atoms. The minimum absolute atomic E-state index is 0.0533. The zero-order valence-electron chi connectivity index (χ0n) is 16.2. The van der Waals surface area contributed by atoms with Crippen molar-refractivity contribution in [3.05, 3.63) is 54.1 Å². The van der Waals surface area contributed by atoms with Crippen molar-refractivity contribution in [1.82, 2.24) is 4.90 Å². The smallest absolute Gasteiger partial charge is 0.199 e. The van der Waals surface area contributed by atoms with Gasteiger partial charge in [0.25, 0.3) is 0 Å². The van der Waals surface area contributed by atoms with Crippen LogP contribution >= 0.6 is 0 Å². The van der Waals surface area contributed by atoms with E-state index >= 15 is 0 Å². The molecule has 4 heteroatoms. The summed E-state index contributed by atoms with van der Waals surface area (Å²) < 4.78 is 11.9. The molecule has 3 aliphatic heterocycles. The number of methoxy groups -OCH3 is 1. The van der Waals surface area contributed by atoms with Crippen molar-refractivity contribution in [1.29, 1.82) is 0 Å². The quantitative estimate of drug-likeness (QED) is 0.794. The molecule has 2 aromatic carbocycles. The molecular weight excluding hydrogens is 336 g/mol. The summed E-state index contributed by atoms with van der Waals surface area (Å²) >= 11 is 0. The van der Waals surface area contributed by atoms with Gasteiger partial charge >= 0.3 is 0 Å². The van der Waals surface area contributed by atoms with Gasteiger partial charge in [-0.25, -0.2) is 0 Å². The van der Waals surface area contributed by atoms with E-state index in [1.807, 2.05) is 6.07 Å². The second kappa shape index (κ2) is 6.75. The van der Waals surface area contributed by atoms with Crippen molar-refractivity contribution in [2.45, 2.75) is 56.5 Å². The van der Waals surface area contributed by atoms with Crippen LogP contribution in [0.4, 0.5) is 5.69 Å². The van der Waals surface area contributed by atoms with Gasteiger partial charge in [0.2, 0.25) is 0 Å². The Morgan fingerprint density at radius 1 is 0.963 bits per heavy atom. The third-order valence-corrected chi connectivity index (χ3v) is 6.73. The molecule has 0 aliphatic carbocycles. The number of ether oxygens (including phenoxy) is 2. The summed E-state index contributed by atoms with van der Waals surface area (Å²) in [6.07, 6.45) is 6.39. The molecule has 0 aromatic heterocycles. The zero-order chi connectivity index (χ0) is 18.4. The molecule has 5 rings (SSSR count). The first-order valence-electron chi connectivity index (χ1n) is 10.1. The SMILES string of the molecule is COc1ccc2c(c1)OC(c1ccccc1)N2C1CC2CCCC(C1)N2C. The standard InChI is InChI=1S/C23H28N2O2/c1-24-17-9-6-10-18(24)14-19(13-17)25-21-12-11-20(26-2)15-22(21)27-23(25)16-7-4-3-5-8-16/h3-5,7-8,11-12,15,17-19,23H,6,9-10,13-14H2,1-2H3. The lowest BCUT2D eigenvalue weighted by Crippen LogP contribution is -2.55. The highest BCUT2D eigenvalue weighted by Crippen LogP contribution is 2.49. The Kier molecular flexibility index (Phi) is 4.24. The number of hydrogen-bond acceptors (Lipinski definition) is 4. The second-order valence-electron chi connectivity index (χ2n) is 8.15. The molecule has 2 saturated heterocycles. The predicted octanol–water partition coefficient (Wildman–Crippen LogP) is 4.61. The van der Waals surface area contributed by atoms with E-state index < -0.39 is 0 Å². The maximum absolute atomic E-state index is 6.48. The Morgan fingerprint density at radius 3 is 2.41 bits per heavy atom. The highest BCUT2D eigenvalue weighted by molar-refractivity contribution is 5.66. The van der Waals surface area contributed by atoms with E-state index in [0.29, 0.717) is 18.1 Å². The lowest BCUT2D eigenvalue weighted by Gasteiger charge is -2.50. The van der Waals surface area contributed by atoms with Crippen LogP contribution < -0.4 is 14.4 Å². The molecule has 142 valence electrons. The number of fused-ring (bicyclic) bond motifs is 3. The van der Waals surface area contributed by atoms with Gasteiger partial charge in [0.1, 0.15) is 11.5 Å². The Bertz CT molecular complexity index is 795. The average Bonchev–Trinajstić information content (AvgIpc) is 3.07. The molecule has 3 unspecified atom stereocenters. The number of piperidine rings is 2. The maximum atomic E-state index is 6.48. The first kappa shape index (κ1) is 16.9. The van der Waals surface area contributed by atoms with E-state index in [0.717, 1.165) is 11.5 Å². The summed E-state index contributed by atoms with van der Waals surface area (Å²) in [7, 11) is 4.03. The predicted molar refractivity (Wildman–Crippen MR) is 107 cm³/mol. The number of rotatable bonds is 3. The number of anilines is 1. The summed E-state index contributed by atoms with van der Waals surface area (Å²) in [6.45, 7) is 0. The van der Waals surface area contributed by atoms with Crippen LogP contribution in [0, 0.1) is 0 Å². The monoisotopic (exact) mass is 364 g/mol. The minimum Gasteiger partial charge on any atom is -0.497 e. The van der Waals surface area contributed by atoms with Crippen LogP contribution in [0.15, 0.2) is 48.5 Å². The van der Waals surface area contributed by atoms with Crippen LogP contribution in [0.25, 0.3) is 0 Å². The molecule has 27 heavy (non-hydrogen) atoms. The summed E-state index contributed by atoms with van der Waals surface area (Å²) in [4.78, 5) is 5.17. The number of benzene rings is 2. The van der Waals surface area contributed by atoms with E-state index in [2.05, 4.69) is 59.3 Å². The van der Waals surface area contributed by atoms with Crippen molar-refractivity contribution < 1.29 is 9.47 Å². The highest BCUT2D eigenvalue weighted by atomic mass is 16.5. The molecule has 4 nitrogen and oxygen atoms in total. The van der Waals surface area contributed by atoms with E-state index in [4.69, 9.17) is 9.47 Å². The molecule has 0 radical (unpaired) electrons. The first-order valence-corrected chi connectivity index (χ1v) is 10.1. The molecule has 0 N–H and O–H groups in total. The molecule has 0 amide bonds. The Labute approximate surface area is 161 Å². The van der Waals surface area contributed by atoms with Crippen molar-refractivity contribution in [2.75, 3.05) is 19.1 Å². The number of nitrogens with zero attached hydrogens (tertiary/aromatic N) is 2. The summed E-state index contributed by atoms with van der Waals surface area (Å²) in [5.41, 5.74) is 2.43. The fourth-order valence-electron chi connectivity index (χ4n) is 5.28.